The molecule has 1 aromatic carbocycles. The Kier molecular flexibility index (Phi) is 7.18. The first-order chi connectivity index (χ1) is 11.1. The van der Waals surface area contributed by atoms with Crippen LogP contribution < -0.4 is 5.32 Å². The molecule has 0 radical (unpaired) electrons. The van der Waals surface area contributed by atoms with Crippen LogP contribution in [0, 0.1) is 0 Å². The highest BCUT2D eigenvalue weighted by molar-refractivity contribution is 6.36. The molecule has 0 atom stereocenters. The predicted molar refractivity (Wildman–Crippen MR) is 92.8 cm³/mol. The average Bonchev–Trinajstić information content (AvgIpc) is 2.72. The topological polar surface area (TPSA) is 49.4 Å². The SMILES string of the molecule is O=C(Cc1c(Cl)cccc1Cl)NCCCN1CCCCCC1=O. The van der Waals surface area contributed by atoms with Crippen LogP contribution in [0.15, 0.2) is 18.2 Å². The highest BCUT2D eigenvalue weighted by atomic mass is 35.5. The molecular weight excluding hydrogens is 335 g/mol. The second kappa shape index (κ2) is 9.14. The van der Waals surface area contributed by atoms with Gasteiger partial charge in [-0.3, -0.25) is 9.59 Å². The normalized spacial score (nSPS) is 15.4. The molecule has 0 saturated carbocycles. The number of carbonyl (C=O) groups excluding carboxylic acids is 2. The number of amides is 2. The van der Waals surface area contributed by atoms with Crippen molar-refractivity contribution in [2.45, 2.75) is 38.5 Å². The van der Waals surface area contributed by atoms with E-state index in [9.17, 15) is 9.59 Å². The van der Waals surface area contributed by atoms with Crippen molar-refractivity contribution in [1.29, 1.82) is 0 Å². The van der Waals surface area contributed by atoms with E-state index in [0.29, 0.717) is 35.1 Å². The third-order valence-corrected chi connectivity index (χ3v) is 4.71. The Balaban J connectivity index is 1.71. The minimum Gasteiger partial charge on any atom is -0.356 e. The van der Waals surface area contributed by atoms with Crippen LogP contribution in [0.1, 0.15) is 37.7 Å². The van der Waals surface area contributed by atoms with Crippen molar-refractivity contribution < 1.29 is 9.59 Å². The lowest BCUT2D eigenvalue weighted by molar-refractivity contribution is -0.130. The van der Waals surface area contributed by atoms with Crippen molar-refractivity contribution in [3.8, 4) is 0 Å². The summed E-state index contributed by atoms with van der Waals surface area (Å²) in [4.78, 5) is 25.8. The standard InChI is InChI=1S/C17H22Cl2N2O2/c18-14-6-4-7-15(19)13(14)12-16(22)20-9-5-11-21-10-3-1-2-8-17(21)23/h4,6-7H,1-3,5,8-12H2,(H,20,22). The summed E-state index contributed by atoms with van der Waals surface area (Å²) < 4.78 is 0. The van der Waals surface area contributed by atoms with Gasteiger partial charge in [0.25, 0.3) is 0 Å². The van der Waals surface area contributed by atoms with Crippen LogP contribution in [0.3, 0.4) is 0 Å². The van der Waals surface area contributed by atoms with E-state index in [-0.39, 0.29) is 18.2 Å². The van der Waals surface area contributed by atoms with Crippen molar-refractivity contribution in [2.24, 2.45) is 0 Å². The number of hydrogen-bond donors (Lipinski definition) is 1. The van der Waals surface area contributed by atoms with Crippen molar-refractivity contribution in [3.63, 3.8) is 0 Å². The molecule has 0 spiro atoms. The zero-order valence-electron chi connectivity index (χ0n) is 13.1. The average molecular weight is 357 g/mol. The quantitative estimate of drug-likeness (QED) is 0.793. The van der Waals surface area contributed by atoms with E-state index in [4.69, 9.17) is 23.2 Å². The summed E-state index contributed by atoms with van der Waals surface area (Å²) in [5.41, 5.74) is 0.649. The maximum Gasteiger partial charge on any atom is 0.224 e. The van der Waals surface area contributed by atoms with Gasteiger partial charge in [-0.2, -0.15) is 0 Å². The van der Waals surface area contributed by atoms with Crippen LogP contribution in [0.5, 0.6) is 0 Å². The third kappa shape index (κ3) is 5.70. The first kappa shape index (κ1) is 18.1. The molecule has 6 heteroatoms. The second-order valence-electron chi connectivity index (χ2n) is 5.77. The van der Waals surface area contributed by atoms with Crippen LogP contribution in [0.2, 0.25) is 10.0 Å². The Morgan fingerprint density at radius 1 is 1.17 bits per heavy atom. The fourth-order valence-electron chi connectivity index (χ4n) is 2.70. The van der Waals surface area contributed by atoms with Gasteiger partial charge in [-0.05, 0) is 37.0 Å². The molecular formula is C17H22Cl2N2O2. The van der Waals surface area contributed by atoms with Gasteiger partial charge < -0.3 is 10.2 Å². The van der Waals surface area contributed by atoms with Gasteiger partial charge in [0.05, 0.1) is 6.42 Å². The monoisotopic (exact) mass is 356 g/mol. The maximum absolute atomic E-state index is 12.0. The van der Waals surface area contributed by atoms with Gasteiger partial charge in [0.15, 0.2) is 0 Å². The molecule has 2 amide bonds. The van der Waals surface area contributed by atoms with Gasteiger partial charge in [-0.15, -0.1) is 0 Å². The van der Waals surface area contributed by atoms with Gasteiger partial charge in [0, 0.05) is 36.1 Å². The molecule has 0 aliphatic carbocycles. The lowest BCUT2D eigenvalue weighted by atomic mass is 10.1. The van der Waals surface area contributed by atoms with E-state index in [1.807, 2.05) is 4.90 Å². The molecule has 2 rings (SSSR count). The van der Waals surface area contributed by atoms with Gasteiger partial charge in [-0.1, -0.05) is 35.7 Å². The summed E-state index contributed by atoms with van der Waals surface area (Å²) >= 11 is 12.1. The Bertz CT molecular complexity index is 543. The Morgan fingerprint density at radius 2 is 1.91 bits per heavy atom. The predicted octanol–water partition coefficient (Wildman–Crippen LogP) is 3.44. The molecule has 1 N–H and O–H groups in total. The Morgan fingerprint density at radius 3 is 2.65 bits per heavy atom. The summed E-state index contributed by atoms with van der Waals surface area (Å²) in [5, 5.41) is 3.87. The second-order valence-corrected chi connectivity index (χ2v) is 6.59. The van der Waals surface area contributed by atoms with Crippen molar-refractivity contribution in [1.82, 2.24) is 10.2 Å². The van der Waals surface area contributed by atoms with Crippen LogP contribution in [0.4, 0.5) is 0 Å². The summed E-state index contributed by atoms with van der Waals surface area (Å²) in [7, 11) is 0. The number of nitrogens with one attached hydrogen (secondary N) is 1. The van der Waals surface area contributed by atoms with Crippen molar-refractivity contribution in [3.05, 3.63) is 33.8 Å². The van der Waals surface area contributed by atoms with E-state index < -0.39 is 0 Å². The number of likely N-dealkylation sites (tertiary alicyclic amines) is 1. The van der Waals surface area contributed by atoms with E-state index in [1.54, 1.807) is 18.2 Å². The Hall–Kier alpha value is -1.26. The van der Waals surface area contributed by atoms with Crippen LogP contribution in [-0.4, -0.2) is 36.3 Å². The van der Waals surface area contributed by atoms with Gasteiger partial charge in [-0.25, -0.2) is 0 Å². The zero-order valence-corrected chi connectivity index (χ0v) is 14.6. The highest BCUT2D eigenvalue weighted by Crippen LogP contribution is 2.24. The van der Waals surface area contributed by atoms with E-state index >= 15 is 0 Å². The number of benzene rings is 1. The molecule has 1 saturated heterocycles. The number of nitrogens with zero attached hydrogens (tertiary/aromatic N) is 1. The van der Waals surface area contributed by atoms with Crippen LogP contribution in [-0.2, 0) is 16.0 Å². The molecule has 1 heterocycles. The molecule has 0 bridgehead atoms. The zero-order chi connectivity index (χ0) is 16.7. The molecule has 1 aliphatic rings. The van der Waals surface area contributed by atoms with E-state index in [0.717, 1.165) is 32.2 Å². The molecule has 0 aromatic heterocycles. The van der Waals surface area contributed by atoms with Crippen molar-refractivity contribution >= 4 is 35.0 Å². The minimum atomic E-state index is -0.109. The summed E-state index contributed by atoms with van der Waals surface area (Å²) in [5.74, 6) is 0.124. The maximum atomic E-state index is 12.0. The summed E-state index contributed by atoms with van der Waals surface area (Å²) in [6, 6.07) is 5.20. The smallest absolute Gasteiger partial charge is 0.224 e. The first-order valence-electron chi connectivity index (χ1n) is 8.05. The molecule has 4 nitrogen and oxygen atoms in total. The fourth-order valence-corrected chi connectivity index (χ4v) is 3.23. The Labute approximate surface area is 147 Å². The lowest BCUT2D eigenvalue weighted by Gasteiger charge is -2.20. The van der Waals surface area contributed by atoms with Gasteiger partial charge >= 0.3 is 0 Å². The lowest BCUT2D eigenvalue weighted by Crippen LogP contribution is -2.34. The molecule has 1 fully saturated rings. The number of halogens is 2. The fraction of sp³-hybridized carbons (Fsp3) is 0.529. The van der Waals surface area contributed by atoms with Crippen LogP contribution in [0.25, 0.3) is 0 Å². The largest absolute Gasteiger partial charge is 0.356 e. The number of carbonyl (C=O) groups is 2. The van der Waals surface area contributed by atoms with Crippen LogP contribution >= 0.6 is 23.2 Å². The molecule has 0 unspecified atom stereocenters. The van der Waals surface area contributed by atoms with Gasteiger partial charge in [0.1, 0.15) is 0 Å². The molecule has 1 aromatic rings. The molecule has 126 valence electrons. The van der Waals surface area contributed by atoms with Gasteiger partial charge in [0.2, 0.25) is 11.8 Å². The van der Waals surface area contributed by atoms with E-state index in [1.165, 1.54) is 0 Å². The first-order valence-corrected chi connectivity index (χ1v) is 8.81. The molecule has 23 heavy (non-hydrogen) atoms. The number of rotatable bonds is 6. The third-order valence-electron chi connectivity index (χ3n) is 4.00. The summed E-state index contributed by atoms with van der Waals surface area (Å²) in [6.45, 7) is 2.08. The highest BCUT2D eigenvalue weighted by Gasteiger charge is 2.16. The molecule has 1 aliphatic heterocycles. The van der Waals surface area contributed by atoms with E-state index in [2.05, 4.69) is 5.32 Å². The van der Waals surface area contributed by atoms with Crippen molar-refractivity contribution in [2.75, 3.05) is 19.6 Å². The minimum absolute atomic E-state index is 0.109. The summed E-state index contributed by atoms with van der Waals surface area (Å²) in [6.07, 6.45) is 4.76. The number of hydrogen-bond acceptors (Lipinski definition) is 2.